The Kier molecular flexibility index (Phi) is 4.64. The summed E-state index contributed by atoms with van der Waals surface area (Å²) in [6, 6.07) is 2.10. The molecule has 1 aromatic carbocycles. The molecule has 1 aliphatic rings. The lowest BCUT2D eigenvalue weighted by atomic mass is 10.0. The molecular formula is C17H25N3O2. The summed E-state index contributed by atoms with van der Waals surface area (Å²) in [5, 5.41) is 8.48. The molecule has 0 atom stereocenters. The van der Waals surface area contributed by atoms with Crippen LogP contribution < -0.4 is 4.74 Å². The average molecular weight is 303 g/mol. The van der Waals surface area contributed by atoms with Gasteiger partial charge in [-0.2, -0.15) is 5.10 Å². The Bertz CT molecular complexity index is 630. The Labute approximate surface area is 131 Å². The molecule has 0 radical (unpaired) electrons. The molecule has 0 aliphatic carbocycles. The predicted molar refractivity (Wildman–Crippen MR) is 87.3 cm³/mol. The van der Waals surface area contributed by atoms with E-state index >= 15 is 0 Å². The third-order valence-electron chi connectivity index (χ3n) is 4.54. The minimum atomic E-state index is 0.426. The molecule has 5 heteroatoms. The number of fused-ring (bicyclic) bond motifs is 1. The lowest BCUT2D eigenvalue weighted by Gasteiger charge is -2.32. The van der Waals surface area contributed by atoms with Crippen LogP contribution in [0.15, 0.2) is 12.3 Å². The van der Waals surface area contributed by atoms with Crippen molar-refractivity contribution in [2.75, 3.05) is 26.8 Å². The number of rotatable bonds is 5. The first-order valence-electron chi connectivity index (χ1n) is 8.06. The highest BCUT2D eigenvalue weighted by molar-refractivity contribution is 5.86. The predicted octanol–water partition coefficient (Wildman–Crippen LogP) is 2.88. The van der Waals surface area contributed by atoms with Crippen LogP contribution in [0.25, 0.3) is 10.9 Å². The summed E-state index contributed by atoms with van der Waals surface area (Å²) in [6.45, 7) is 8.01. The summed E-state index contributed by atoms with van der Waals surface area (Å²) < 4.78 is 11.3. The van der Waals surface area contributed by atoms with E-state index in [1.165, 1.54) is 16.5 Å². The fraction of sp³-hybridized carbons (Fsp3) is 0.588. The number of piperidine rings is 1. The molecule has 2 heterocycles. The van der Waals surface area contributed by atoms with E-state index in [0.717, 1.165) is 50.3 Å². The molecule has 0 bridgehead atoms. The van der Waals surface area contributed by atoms with Crippen molar-refractivity contribution in [3.05, 3.63) is 23.4 Å². The number of benzene rings is 1. The molecular weight excluding hydrogens is 278 g/mol. The first-order chi connectivity index (χ1) is 10.7. The van der Waals surface area contributed by atoms with E-state index in [4.69, 9.17) is 9.47 Å². The van der Waals surface area contributed by atoms with Gasteiger partial charge in [0.15, 0.2) is 0 Å². The molecule has 0 saturated carbocycles. The van der Waals surface area contributed by atoms with E-state index in [1.54, 1.807) is 7.11 Å². The van der Waals surface area contributed by atoms with Crippen LogP contribution >= 0.6 is 0 Å². The second-order valence-electron chi connectivity index (χ2n) is 5.96. The van der Waals surface area contributed by atoms with Gasteiger partial charge >= 0.3 is 0 Å². The van der Waals surface area contributed by atoms with Gasteiger partial charge in [-0.05, 0) is 38.3 Å². The maximum Gasteiger partial charge on any atom is 0.124 e. The first-order valence-corrected chi connectivity index (χ1v) is 8.06. The number of aromatic amines is 1. The van der Waals surface area contributed by atoms with Crippen molar-refractivity contribution < 1.29 is 9.47 Å². The van der Waals surface area contributed by atoms with Gasteiger partial charge in [0.2, 0.25) is 0 Å². The Hall–Kier alpha value is -1.59. The minimum absolute atomic E-state index is 0.426. The second kappa shape index (κ2) is 6.67. The number of methoxy groups -OCH3 is 1. The van der Waals surface area contributed by atoms with Crippen LogP contribution in [0.5, 0.6) is 5.75 Å². The smallest absolute Gasteiger partial charge is 0.124 e. The summed E-state index contributed by atoms with van der Waals surface area (Å²) in [5.41, 5.74) is 3.51. The van der Waals surface area contributed by atoms with E-state index in [-0.39, 0.29) is 0 Å². The number of hydrogen-bond donors (Lipinski definition) is 1. The number of likely N-dealkylation sites (tertiary alicyclic amines) is 1. The third kappa shape index (κ3) is 2.96. The summed E-state index contributed by atoms with van der Waals surface area (Å²) in [6.07, 6.45) is 4.55. The largest absolute Gasteiger partial charge is 0.496 e. The Morgan fingerprint density at radius 2 is 2.14 bits per heavy atom. The van der Waals surface area contributed by atoms with Crippen molar-refractivity contribution in [1.29, 1.82) is 0 Å². The van der Waals surface area contributed by atoms with Crippen LogP contribution in [-0.2, 0) is 11.3 Å². The van der Waals surface area contributed by atoms with Crippen molar-refractivity contribution in [1.82, 2.24) is 15.1 Å². The van der Waals surface area contributed by atoms with Gasteiger partial charge in [-0.15, -0.1) is 0 Å². The quantitative estimate of drug-likeness (QED) is 0.923. The lowest BCUT2D eigenvalue weighted by Crippen LogP contribution is -2.36. The highest BCUT2D eigenvalue weighted by Crippen LogP contribution is 2.31. The van der Waals surface area contributed by atoms with Gasteiger partial charge in [-0.1, -0.05) is 0 Å². The van der Waals surface area contributed by atoms with Gasteiger partial charge in [0.05, 0.1) is 24.9 Å². The molecule has 0 spiro atoms. The van der Waals surface area contributed by atoms with Gasteiger partial charge < -0.3 is 9.47 Å². The molecule has 0 unspecified atom stereocenters. The van der Waals surface area contributed by atoms with Gasteiger partial charge in [0.25, 0.3) is 0 Å². The number of ether oxygens (including phenoxy) is 2. The zero-order valence-electron chi connectivity index (χ0n) is 13.7. The van der Waals surface area contributed by atoms with Crippen molar-refractivity contribution in [3.8, 4) is 5.75 Å². The zero-order valence-corrected chi connectivity index (χ0v) is 13.7. The van der Waals surface area contributed by atoms with E-state index in [2.05, 4.69) is 35.0 Å². The van der Waals surface area contributed by atoms with E-state index in [0.29, 0.717) is 6.10 Å². The van der Waals surface area contributed by atoms with Crippen molar-refractivity contribution in [3.63, 3.8) is 0 Å². The molecule has 22 heavy (non-hydrogen) atoms. The number of aryl methyl sites for hydroxylation is 1. The molecule has 1 saturated heterocycles. The number of nitrogens with zero attached hydrogens (tertiary/aromatic N) is 2. The Balaban J connectivity index is 1.79. The van der Waals surface area contributed by atoms with Gasteiger partial charge in [-0.3, -0.25) is 10.00 Å². The molecule has 2 aromatic rings. The topological polar surface area (TPSA) is 50.4 Å². The molecule has 1 N–H and O–H groups in total. The Morgan fingerprint density at radius 3 is 2.82 bits per heavy atom. The maximum atomic E-state index is 5.73. The van der Waals surface area contributed by atoms with Crippen LogP contribution in [0, 0.1) is 6.92 Å². The Morgan fingerprint density at radius 1 is 1.36 bits per heavy atom. The highest BCUT2D eigenvalue weighted by atomic mass is 16.5. The lowest BCUT2D eigenvalue weighted by molar-refractivity contribution is 0.0125. The molecule has 1 fully saturated rings. The van der Waals surface area contributed by atoms with Crippen LogP contribution in [0.4, 0.5) is 0 Å². The fourth-order valence-corrected chi connectivity index (χ4v) is 3.34. The van der Waals surface area contributed by atoms with Gasteiger partial charge in [-0.25, -0.2) is 0 Å². The zero-order chi connectivity index (χ0) is 15.5. The van der Waals surface area contributed by atoms with Gasteiger partial charge in [0.1, 0.15) is 5.75 Å². The summed E-state index contributed by atoms with van der Waals surface area (Å²) in [7, 11) is 1.74. The highest BCUT2D eigenvalue weighted by Gasteiger charge is 2.22. The summed E-state index contributed by atoms with van der Waals surface area (Å²) in [4.78, 5) is 2.48. The summed E-state index contributed by atoms with van der Waals surface area (Å²) in [5.74, 6) is 0.957. The van der Waals surface area contributed by atoms with Crippen LogP contribution in [-0.4, -0.2) is 48.0 Å². The van der Waals surface area contributed by atoms with Crippen LogP contribution in [0.2, 0.25) is 0 Å². The van der Waals surface area contributed by atoms with Crippen molar-refractivity contribution in [2.24, 2.45) is 0 Å². The monoisotopic (exact) mass is 303 g/mol. The van der Waals surface area contributed by atoms with E-state index in [1.807, 2.05) is 6.20 Å². The molecule has 1 aromatic heterocycles. The molecule has 3 rings (SSSR count). The maximum absolute atomic E-state index is 5.73. The molecule has 0 amide bonds. The molecule has 5 nitrogen and oxygen atoms in total. The van der Waals surface area contributed by atoms with E-state index in [9.17, 15) is 0 Å². The number of hydrogen-bond acceptors (Lipinski definition) is 4. The number of aromatic nitrogens is 2. The molecule has 1 aliphatic heterocycles. The van der Waals surface area contributed by atoms with Gasteiger partial charge in [0, 0.05) is 37.2 Å². The van der Waals surface area contributed by atoms with E-state index < -0.39 is 0 Å². The number of H-pyrrole nitrogens is 1. The average Bonchev–Trinajstić information content (AvgIpc) is 3.02. The fourth-order valence-electron chi connectivity index (χ4n) is 3.34. The SMILES string of the molecule is CCOC1CCN(Cc2c(OC)cc(C)c3[nH]ncc23)CC1. The standard InChI is InChI=1S/C17H25N3O2/c1-4-22-13-5-7-20(8-6-13)11-15-14-10-18-19-17(14)12(2)9-16(15)21-3/h9-10,13H,4-8,11H2,1-3H3,(H,18,19). The second-order valence-corrected chi connectivity index (χ2v) is 5.96. The normalized spacial score (nSPS) is 17.2. The minimum Gasteiger partial charge on any atom is -0.496 e. The molecule has 120 valence electrons. The third-order valence-corrected chi connectivity index (χ3v) is 4.54. The first kappa shape index (κ1) is 15.3. The van der Waals surface area contributed by atoms with Crippen molar-refractivity contribution >= 4 is 10.9 Å². The van der Waals surface area contributed by atoms with Crippen molar-refractivity contribution in [2.45, 2.75) is 39.3 Å². The van der Waals surface area contributed by atoms with Crippen LogP contribution in [0.1, 0.15) is 30.9 Å². The van der Waals surface area contributed by atoms with Crippen LogP contribution in [0.3, 0.4) is 0 Å². The number of nitrogens with one attached hydrogen (secondary N) is 1. The summed E-state index contributed by atoms with van der Waals surface area (Å²) >= 11 is 0.